The number of nitrogens with zero attached hydrogens (tertiary/aromatic N) is 3. The lowest BCUT2D eigenvalue weighted by Crippen LogP contribution is -2.31. The smallest absolute Gasteiger partial charge is 0.260 e. The van der Waals surface area contributed by atoms with Crippen molar-refractivity contribution in [2.75, 3.05) is 11.9 Å². The molecule has 0 unspecified atom stereocenters. The van der Waals surface area contributed by atoms with Crippen LogP contribution in [0.4, 0.5) is 9.52 Å². The average Bonchev–Trinajstić information content (AvgIpc) is 3.36. The second kappa shape index (κ2) is 8.36. The molecule has 1 amide bonds. The fourth-order valence-electron chi connectivity index (χ4n) is 3.51. The molecule has 1 saturated carbocycles. The predicted molar refractivity (Wildman–Crippen MR) is 123 cm³/mol. The summed E-state index contributed by atoms with van der Waals surface area (Å²) in [5.41, 5.74) is 0.887. The van der Waals surface area contributed by atoms with Gasteiger partial charge in [0.1, 0.15) is 11.6 Å². The lowest BCUT2D eigenvalue weighted by Gasteiger charge is -2.19. The van der Waals surface area contributed by atoms with Crippen LogP contribution in [0.5, 0.6) is 0 Å². The molecule has 7 nitrogen and oxygen atoms in total. The highest BCUT2D eigenvalue weighted by Gasteiger charge is 2.35. The quantitative estimate of drug-likeness (QED) is 0.380. The maximum atomic E-state index is 13.7. The molecule has 2 aromatic carbocycles. The van der Waals surface area contributed by atoms with Gasteiger partial charge in [-0.3, -0.25) is 9.69 Å². The van der Waals surface area contributed by atoms with Crippen molar-refractivity contribution in [3.05, 3.63) is 78.0 Å². The molecule has 0 saturated heterocycles. The van der Waals surface area contributed by atoms with Crippen LogP contribution in [-0.4, -0.2) is 36.7 Å². The van der Waals surface area contributed by atoms with Gasteiger partial charge in [-0.05, 0) is 67.4 Å². The van der Waals surface area contributed by atoms with Crippen molar-refractivity contribution >= 4 is 42.6 Å². The number of furan rings is 1. The zero-order valence-corrected chi connectivity index (χ0v) is 19.3. The zero-order valence-electron chi connectivity index (χ0n) is 17.6. The molecule has 1 aliphatic carbocycles. The van der Waals surface area contributed by atoms with Gasteiger partial charge in [-0.25, -0.2) is 17.8 Å². The fourth-order valence-corrected chi connectivity index (χ4v) is 5.92. The first-order chi connectivity index (χ1) is 15.8. The number of carbonyl (C=O) groups excluding carboxylic acids is 1. The van der Waals surface area contributed by atoms with Crippen molar-refractivity contribution < 1.29 is 22.0 Å². The third-order valence-corrected chi connectivity index (χ3v) is 8.51. The van der Waals surface area contributed by atoms with E-state index in [1.54, 1.807) is 25.2 Å². The Morgan fingerprint density at radius 3 is 2.61 bits per heavy atom. The van der Waals surface area contributed by atoms with Gasteiger partial charge in [0.25, 0.3) is 5.91 Å². The predicted octanol–water partition coefficient (Wildman–Crippen LogP) is 4.66. The molecule has 1 fully saturated rings. The number of rotatable bonds is 7. The first-order valence-corrected chi connectivity index (χ1v) is 12.6. The van der Waals surface area contributed by atoms with E-state index in [1.165, 1.54) is 63.2 Å². The van der Waals surface area contributed by atoms with E-state index in [-0.39, 0.29) is 29.2 Å². The van der Waals surface area contributed by atoms with Crippen molar-refractivity contribution in [1.82, 2.24) is 9.29 Å². The number of halogens is 1. The monoisotopic (exact) mass is 485 g/mol. The van der Waals surface area contributed by atoms with Crippen molar-refractivity contribution in [3.8, 4) is 0 Å². The summed E-state index contributed by atoms with van der Waals surface area (Å²) in [6.45, 7) is 0.124. The SMILES string of the molecule is CN(C1CC1)S(=O)(=O)c1ccc(C(=O)N(Cc2ccco2)c2nc3ccc(F)cc3s2)cc1. The first kappa shape index (κ1) is 21.7. The minimum absolute atomic E-state index is 0.0453. The van der Waals surface area contributed by atoms with E-state index >= 15 is 0 Å². The van der Waals surface area contributed by atoms with E-state index in [0.717, 1.165) is 12.8 Å². The van der Waals surface area contributed by atoms with Crippen LogP contribution in [0.15, 0.2) is 70.2 Å². The molecule has 1 aliphatic rings. The Hall–Kier alpha value is -3.08. The highest BCUT2D eigenvalue weighted by Crippen LogP contribution is 2.33. The van der Waals surface area contributed by atoms with Crippen LogP contribution in [0.25, 0.3) is 10.2 Å². The van der Waals surface area contributed by atoms with E-state index in [0.29, 0.717) is 26.7 Å². The number of carbonyl (C=O) groups is 1. The van der Waals surface area contributed by atoms with Gasteiger partial charge in [0, 0.05) is 18.7 Å². The summed E-state index contributed by atoms with van der Waals surface area (Å²) in [4.78, 5) is 19.5. The van der Waals surface area contributed by atoms with Crippen molar-refractivity contribution in [3.63, 3.8) is 0 Å². The largest absolute Gasteiger partial charge is 0.467 e. The van der Waals surface area contributed by atoms with Gasteiger partial charge < -0.3 is 4.42 Å². The van der Waals surface area contributed by atoms with Crippen LogP contribution in [0.2, 0.25) is 0 Å². The summed E-state index contributed by atoms with van der Waals surface area (Å²) >= 11 is 1.20. The number of hydrogen-bond acceptors (Lipinski definition) is 6. The fraction of sp³-hybridized carbons (Fsp3) is 0.217. The summed E-state index contributed by atoms with van der Waals surface area (Å²) in [6.07, 6.45) is 3.24. The highest BCUT2D eigenvalue weighted by atomic mass is 32.2. The first-order valence-electron chi connectivity index (χ1n) is 10.3. The number of anilines is 1. The van der Waals surface area contributed by atoms with Gasteiger partial charge in [-0.1, -0.05) is 11.3 Å². The molecular weight excluding hydrogens is 465 g/mol. The molecule has 2 heterocycles. The van der Waals surface area contributed by atoms with Crippen molar-refractivity contribution in [1.29, 1.82) is 0 Å². The molecule has 0 radical (unpaired) electrons. The van der Waals surface area contributed by atoms with Crippen LogP contribution in [-0.2, 0) is 16.6 Å². The molecule has 2 aromatic heterocycles. The van der Waals surface area contributed by atoms with Gasteiger partial charge in [-0.2, -0.15) is 4.31 Å². The van der Waals surface area contributed by atoms with Crippen LogP contribution < -0.4 is 4.90 Å². The molecule has 0 aliphatic heterocycles. The van der Waals surface area contributed by atoms with Gasteiger partial charge in [0.05, 0.1) is 27.9 Å². The van der Waals surface area contributed by atoms with Gasteiger partial charge >= 0.3 is 0 Å². The van der Waals surface area contributed by atoms with Crippen molar-refractivity contribution in [2.45, 2.75) is 30.3 Å². The topological polar surface area (TPSA) is 83.7 Å². The summed E-state index contributed by atoms with van der Waals surface area (Å²) in [7, 11) is -2.03. The Bertz CT molecular complexity index is 1410. The molecule has 33 heavy (non-hydrogen) atoms. The van der Waals surface area contributed by atoms with Gasteiger partial charge in [0.15, 0.2) is 5.13 Å². The zero-order chi connectivity index (χ0) is 23.2. The number of sulfonamides is 1. The van der Waals surface area contributed by atoms with Gasteiger partial charge in [-0.15, -0.1) is 0 Å². The molecule has 10 heteroatoms. The Labute approximate surface area is 194 Å². The summed E-state index contributed by atoms with van der Waals surface area (Å²) in [5.74, 6) is -0.195. The normalized spacial score (nSPS) is 14.2. The third kappa shape index (κ3) is 4.29. The van der Waals surface area contributed by atoms with E-state index in [2.05, 4.69) is 4.98 Å². The minimum Gasteiger partial charge on any atom is -0.467 e. The van der Waals surface area contributed by atoms with Crippen LogP contribution in [0, 0.1) is 5.82 Å². The summed E-state index contributed by atoms with van der Waals surface area (Å²) in [5, 5.41) is 0.391. The molecule has 4 aromatic rings. The van der Waals surface area contributed by atoms with Crippen molar-refractivity contribution in [2.24, 2.45) is 0 Å². The van der Waals surface area contributed by atoms with Gasteiger partial charge in [0.2, 0.25) is 10.0 Å². The van der Waals surface area contributed by atoms with Crippen LogP contribution >= 0.6 is 11.3 Å². The molecule has 170 valence electrons. The standard InChI is InChI=1S/C23H20FN3O4S2/c1-26(17-7-8-17)33(29,30)19-9-4-15(5-10-19)22(28)27(14-18-3-2-12-31-18)23-25-20-11-6-16(24)13-21(20)32-23/h2-6,9-13,17H,7-8,14H2,1H3. The summed E-state index contributed by atoms with van der Waals surface area (Å²) in [6, 6.07) is 13.7. The van der Waals surface area contributed by atoms with Crippen LogP contribution in [0.3, 0.4) is 0 Å². The van der Waals surface area contributed by atoms with E-state index < -0.39 is 10.0 Å². The number of fused-ring (bicyclic) bond motifs is 1. The molecule has 0 N–H and O–H groups in total. The maximum absolute atomic E-state index is 13.7. The third-order valence-electron chi connectivity index (χ3n) is 5.55. The Morgan fingerprint density at radius 1 is 1.18 bits per heavy atom. The second-order valence-electron chi connectivity index (χ2n) is 7.86. The molecule has 0 spiro atoms. The Balaban J connectivity index is 1.47. The molecule has 0 bridgehead atoms. The van der Waals surface area contributed by atoms with E-state index in [4.69, 9.17) is 4.42 Å². The van der Waals surface area contributed by atoms with E-state index in [1.807, 2.05) is 0 Å². The lowest BCUT2D eigenvalue weighted by molar-refractivity contribution is 0.0983. The molecule has 0 atom stereocenters. The Morgan fingerprint density at radius 2 is 1.94 bits per heavy atom. The second-order valence-corrected chi connectivity index (χ2v) is 10.9. The number of amides is 1. The number of aromatic nitrogens is 1. The summed E-state index contributed by atoms with van der Waals surface area (Å²) < 4.78 is 46.6. The number of benzene rings is 2. The highest BCUT2D eigenvalue weighted by molar-refractivity contribution is 7.89. The lowest BCUT2D eigenvalue weighted by atomic mass is 10.2. The minimum atomic E-state index is -3.61. The molecule has 5 rings (SSSR count). The number of thiazole rings is 1. The van der Waals surface area contributed by atoms with E-state index in [9.17, 15) is 17.6 Å². The molecular formula is C23H20FN3O4S2. The number of hydrogen-bond donors (Lipinski definition) is 0. The average molecular weight is 486 g/mol. The van der Waals surface area contributed by atoms with Crippen LogP contribution in [0.1, 0.15) is 29.0 Å². The Kier molecular flexibility index (Phi) is 5.51. The maximum Gasteiger partial charge on any atom is 0.260 e.